The molecule has 1 aromatic carbocycles. The summed E-state index contributed by atoms with van der Waals surface area (Å²) >= 11 is 0. The Labute approximate surface area is 150 Å². The number of aryl methyl sites for hydroxylation is 1. The Hall–Kier alpha value is -3.13. The van der Waals surface area contributed by atoms with Crippen molar-refractivity contribution in [2.45, 2.75) is 32.2 Å². The molecule has 0 aliphatic rings. The topological polar surface area (TPSA) is 158 Å². The van der Waals surface area contributed by atoms with E-state index in [1.165, 1.54) is 0 Å². The van der Waals surface area contributed by atoms with E-state index in [-0.39, 0.29) is 19.3 Å². The fourth-order valence-electron chi connectivity index (χ4n) is 2.36. The van der Waals surface area contributed by atoms with Crippen LogP contribution in [0.5, 0.6) is 0 Å². The minimum atomic E-state index is -1.04. The largest absolute Gasteiger partial charge is 0.550 e. The highest BCUT2D eigenvalue weighted by atomic mass is 16.4. The molecule has 0 aliphatic carbocycles. The van der Waals surface area contributed by atoms with Gasteiger partial charge in [0, 0.05) is 25.0 Å². The van der Waals surface area contributed by atoms with Gasteiger partial charge in [-0.2, -0.15) is 0 Å². The number of rotatable bonds is 8. The van der Waals surface area contributed by atoms with Crippen LogP contribution in [0.1, 0.15) is 28.8 Å². The molecule has 0 amide bonds. The van der Waals surface area contributed by atoms with Crippen LogP contribution in [-0.4, -0.2) is 33.1 Å². The van der Waals surface area contributed by atoms with Gasteiger partial charge < -0.3 is 30.8 Å². The summed E-state index contributed by atoms with van der Waals surface area (Å²) < 4.78 is 0. The molecule has 0 atom stereocenters. The van der Waals surface area contributed by atoms with E-state index >= 15 is 0 Å². The number of carbonyl (C=O) groups excluding carboxylic acids is 1. The molecule has 8 nitrogen and oxygen atoms in total. The maximum absolute atomic E-state index is 10.7. The molecule has 0 bridgehead atoms. The number of carbonyl (C=O) groups is 3. The van der Waals surface area contributed by atoms with Gasteiger partial charge in [-0.3, -0.25) is 9.59 Å². The van der Waals surface area contributed by atoms with Crippen molar-refractivity contribution in [3.63, 3.8) is 0 Å². The summed E-state index contributed by atoms with van der Waals surface area (Å²) in [5.41, 5.74) is 6.66. The summed E-state index contributed by atoms with van der Waals surface area (Å²) in [5.74, 6) is -2.85. The van der Waals surface area contributed by atoms with Crippen LogP contribution in [0.25, 0.3) is 0 Å². The second-order valence-electron chi connectivity index (χ2n) is 5.52. The summed E-state index contributed by atoms with van der Waals surface area (Å²) in [6, 6.07) is 8.97. The first kappa shape index (κ1) is 20.9. The molecule has 1 heterocycles. The van der Waals surface area contributed by atoms with Gasteiger partial charge in [0.2, 0.25) is 0 Å². The molecule has 0 spiro atoms. The molecule has 8 heteroatoms. The smallest absolute Gasteiger partial charge is 0.307 e. The second kappa shape index (κ2) is 10.7. The van der Waals surface area contributed by atoms with E-state index in [0.29, 0.717) is 18.5 Å². The first-order chi connectivity index (χ1) is 12.3. The van der Waals surface area contributed by atoms with E-state index in [2.05, 4.69) is 10.7 Å². The predicted molar refractivity (Wildman–Crippen MR) is 89.8 cm³/mol. The number of benzene rings is 1. The lowest BCUT2D eigenvalue weighted by Gasteiger charge is -2.01. The van der Waals surface area contributed by atoms with Gasteiger partial charge in [0.15, 0.2) is 0 Å². The number of carboxylic acids is 3. The standard InChI is InChI=1S/C10H14N2O4.C8H8O2/c11-4-8-7(3-10(15)16)6(5-12-8)1-2-9(13)14;9-8(10)6-7-4-2-1-3-5-7/h5,12H,1-4,11H2,(H,13,14)(H,15,16);1-5H,6H2,(H,9,10). The fourth-order valence-corrected chi connectivity index (χ4v) is 2.36. The maximum Gasteiger partial charge on any atom is 0.307 e. The highest BCUT2D eigenvalue weighted by Gasteiger charge is 2.15. The van der Waals surface area contributed by atoms with Crippen LogP contribution >= 0.6 is 0 Å². The van der Waals surface area contributed by atoms with Crippen molar-refractivity contribution in [3.8, 4) is 0 Å². The van der Waals surface area contributed by atoms with E-state index in [1.54, 1.807) is 30.5 Å². The van der Waals surface area contributed by atoms with E-state index in [1.807, 2.05) is 6.07 Å². The molecule has 26 heavy (non-hydrogen) atoms. The van der Waals surface area contributed by atoms with Crippen LogP contribution in [0.2, 0.25) is 0 Å². The monoisotopic (exact) mass is 362 g/mol. The average Bonchev–Trinajstić information content (AvgIpc) is 2.95. The lowest BCUT2D eigenvalue weighted by atomic mass is 10.0. The molecule has 6 N–H and O–H groups in total. The van der Waals surface area contributed by atoms with Crippen LogP contribution < -0.4 is 10.8 Å². The van der Waals surface area contributed by atoms with Crippen molar-refractivity contribution in [1.82, 2.24) is 4.98 Å². The number of hydrogen-bond donors (Lipinski definition) is 4. The molecule has 0 fully saturated rings. The maximum atomic E-state index is 10.7. The zero-order valence-corrected chi connectivity index (χ0v) is 14.2. The van der Waals surface area contributed by atoms with E-state index in [0.717, 1.165) is 16.8 Å². The minimum Gasteiger partial charge on any atom is -0.550 e. The Kier molecular flexibility index (Phi) is 8.59. The van der Waals surface area contributed by atoms with Gasteiger partial charge in [-0.25, -0.2) is 0 Å². The minimum absolute atomic E-state index is 0.000833. The SMILES string of the molecule is O=C([O-])Cc1ccccc1.[NH3+]Cc1[nH]cc(CCC(=O)O)c1CC(=O)O. The summed E-state index contributed by atoms with van der Waals surface area (Å²) in [6.07, 6.45) is 1.92. The van der Waals surface area contributed by atoms with E-state index < -0.39 is 17.9 Å². The predicted octanol–water partition coefficient (Wildman–Crippen LogP) is -0.620. The van der Waals surface area contributed by atoms with Gasteiger partial charge >= 0.3 is 11.9 Å². The van der Waals surface area contributed by atoms with Crippen molar-refractivity contribution in [3.05, 3.63) is 58.9 Å². The number of hydrogen-bond acceptors (Lipinski definition) is 4. The number of aromatic nitrogens is 1. The van der Waals surface area contributed by atoms with Gasteiger partial charge in [0.25, 0.3) is 0 Å². The van der Waals surface area contributed by atoms with Gasteiger partial charge in [-0.15, -0.1) is 0 Å². The molecule has 140 valence electrons. The van der Waals surface area contributed by atoms with Gasteiger partial charge in [-0.05, 0) is 23.1 Å². The molecule has 0 unspecified atom stereocenters. The van der Waals surface area contributed by atoms with E-state index in [4.69, 9.17) is 10.2 Å². The Morgan fingerprint density at radius 1 is 1.04 bits per heavy atom. The van der Waals surface area contributed by atoms with Crippen molar-refractivity contribution >= 4 is 17.9 Å². The lowest BCUT2D eigenvalue weighted by molar-refractivity contribution is -0.387. The zero-order valence-electron chi connectivity index (χ0n) is 14.2. The highest BCUT2D eigenvalue weighted by molar-refractivity contribution is 5.72. The number of nitrogens with one attached hydrogen (secondary N) is 1. The number of aromatic amines is 1. The zero-order chi connectivity index (χ0) is 19.5. The Bertz CT molecular complexity index is 739. The molecule has 1 aromatic heterocycles. The van der Waals surface area contributed by atoms with Crippen molar-refractivity contribution < 1.29 is 35.4 Å². The molecular formula is C18H22N2O6. The fraction of sp³-hybridized carbons (Fsp3) is 0.278. The second-order valence-corrected chi connectivity index (χ2v) is 5.52. The number of aliphatic carboxylic acids is 3. The summed E-state index contributed by atoms with van der Waals surface area (Å²) in [4.78, 5) is 34.1. The molecule has 0 aliphatic heterocycles. The van der Waals surface area contributed by atoms with Gasteiger partial charge in [0.05, 0.1) is 12.1 Å². The van der Waals surface area contributed by atoms with Crippen molar-refractivity contribution in [2.24, 2.45) is 0 Å². The summed E-state index contributed by atoms with van der Waals surface area (Å²) in [6.45, 7) is 0.468. The molecule has 0 saturated carbocycles. The van der Waals surface area contributed by atoms with Crippen LogP contribution in [0, 0.1) is 0 Å². The van der Waals surface area contributed by atoms with Crippen LogP contribution in [0.15, 0.2) is 36.5 Å². The quantitative estimate of drug-likeness (QED) is 0.490. The third kappa shape index (κ3) is 7.63. The number of carboxylic acid groups (broad SMARTS) is 3. The van der Waals surface area contributed by atoms with Crippen molar-refractivity contribution in [2.75, 3.05) is 0 Å². The first-order valence-corrected chi connectivity index (χ1v) is 7.98. The summed E-state index contributed by atoms with van der Waals surface area (Å²) in [7, 11) is 0. The van der Waals surface area contributed by atoms with Crippen LogP contribution in [0.4, 0.5) is 0 Å². The Morgan fingerprint density at radius 2 is 1.69 bits per heavy atom. The Balaban J connectivity index is 0.000000289. The molecular weight excluding hydrogens is 340 g/mol. The molecule has 2 rings (SSSR count). The number of quaternary nitrogens is 1. The summed E-state index contributed by atoms with van der Waals surface area (Å²) in [5, 5.41) is 27.4. The van der Waals surface area contributed by atoms with Crippen LogP contribution in [0.3, 0.4) is 0 Å². The average molecular weight is 362 g/mol. The van der Waals surface area contributed by atoms with Crippen LogP contribution in [-0.2, 0) is 40.2 Å². The highest BCUT2D eigenvalue weighted by Crippen LogP contribution is 2.16. The number of H-pyrrole nitrogens is 1. The third-order valence-electron chi connectivity index (χ3n) is 3.55. The molecule has 0 saturated heterocycles. The van der Waals surface area contributed by atoms with Gasteiger partial charge in [-0.1, -0.05) is 30.3 Å². The molecule has 0 radical (unpaired) electrons. The Morgan fingerprint density at radius 3 is 2.19 bits per heavy atom. The van der Waals surface area contributed by atoms with Gasteiger partial charge in [0.1, 0.15) is 6.54 Å². The first-order valence-electron chi connectivity index (χ1n) is 7.98. The molecule has 2 aromatic rings. The lowest BCUT2D eigenvalue weighted by Crippen LogP contribution is -2.48. The van der Waals surface area contributed by atoms with Crippen molar-refractivity contribution in [1.29, 1.82) is 0 Å². The normalized spacial score (nSPS) is 9.88. The van der Waals surface area contributed by atoms with E-state index in [9.17, 15) is 19.5 Å². The third-order valence-corrected chi connectivity index (χ3v) is 3.55.